The first kappa shape index (κ1) is 18.3. The average molecular weight is 326 g/mol. The molecule has 0 fully saturated rings. The first-order valence-corrected chi connectivity index (χ1v) is 8.95. The van der Waals surface area contributed by atoms with E-state index in [1.54, 1.807) is 24.3 Å². The molecule has 122 valence electrons. The topological polar surface area (TPSA) is 83.6 Å². The zero-order valence-corrected chi connectivity index (χ0v) is 13.9. The summed E-state index contributed by atoms with van der Waals surface area (Å²) >= 11 is 0. The highest BCUT2D eigenvalue weighted by Crippen LogP contribution is 2.11. The predicted molar refractivity (Wildman–Crippen MR) is 86.4 cm³/mol. The molecule has 7 heteroatoms. The van der Waals surface area contributed by atoms with Crippen LogP contribution in [0.1, 0.15) is 37.0 Å². The summed E-state index contributed by atoms with van der Waals surface area (Å²) in [5, 5.41) is 2.69. The maximum absolute atomic E-state index is 11.9. The van der Waals surface area contributed by atoms with Gasteiger partial charge in [0.15, 0.2) is 5.78 Å². The summed E-state index contributed by atoms with van der Waals surface area (Å²) in [6, 6.07) is 6.57. The van der Waals surface area contributed by atoms with Crippen LogP contribution in [0.3, 0.4) is 0 Å². The number of ketones is 1. The lowest BCUT2D eigenvalue weighted by Crippen LogP contribution is -2.33. The van der Waals surface area contributed by atoms with Gasteiger partial charge in [-0.15, -0.1) is 0 Å². The van der Waals surface area contributed by atoms with Crippen molar-refractivity contribution in [2.75, 3.05) is 24.7 Å². The third-order valence-electron chi connectivity index (χ3n) is 3.11. The second-order valence-electron chi connectivity index (χ2n) is 5.09. The molecule has 0 aliphatic heterocycles. The van der Waals surface area contributed by atoms with Crippen LogP contribution in [-0.2, 0) is 14.8 Å². The molecule has 1 amide bonds. The van der Waals surface area contributed by atoms with E-state index in [1.807, 2.05) is 6.92 Å². The number of benzene rings is 1. The number of carbonyl (C=O) groups excluding carboxylic acids is 2. The van der Waals surface area contributed by atoms with Gasteiger partial charge in [-0.25, -0.2) is 12.7 Å². The van der Waals surface area contributed by atoms with Crippen molar-refractivity contribution in [3.63, 3.8) is 0 Å². The number of amides is 1. The van der Waals surface area contributed by atoms with Crippen molar-refractivity contribution in [3.8, 4) is 0 Å². The molecule has 1 N–H and O–H groups in total. The number of nitrogens with one attached hydrogen (secondary N) is 1. The minimum Gasteiger partial charge on any atom is -0.326 e. The molecule has 22 heavy (non-hydrogen) atoms. The molecule has 1 rings (SSSR count). The van der Waals surface area contributed by atoms with E-state index in [9.17, 15) is 18.0 Å². The molecule has 0 radical (unpaired) electrons. The molecule has 0 saturated carbocycles. The van der Waals surface area contributed by atoms with Crippen molar-refractivity contribution in [1.82, 2.24) is 4.31 Å². The zero-order valence-electron chi connectivity index (χ0n) is 13.1. The highest BCUT2D eigenvalue weighted by atomic mass is 32.2. The van der Waals surface area contributed by atoms with Crippen LogP contribution in [0.15, 0.2) is 24.3 Å². The van der Waals surface area contributed by atoms with E-state index in [-0.39, 0.29) is 24.7 Å². The number of Topliss-reactive ketones (excluding diaryl/α,β-unsaturated/α-hetero) is 1. The van der Waals surface area contributed by atoms with Crippen molar-refractivity contribution in [2.45, 2.75) is 26.7 Å². The Labute approximate surface area is 131 Å². The summed E-state index contributed by atoms with van der Waals surface area (Å²) in [4.78, 5) is 23.0. The maximum atomic E-state index is 11.9. The van der Waals surface area contributed by atoms with Gasteiger partial charge in [0.2, 0.25) is 15.9 Å². The number of carbonyl (C=O) groups is 2. The van der Waals surface area contributed by atoms with Crippen LogP contribution >= 0.6 is 0 Å². The van der Waals surface area contributed by atoms with Crippen molar-refractivity contribution in [2.24, 2.45) is 0 Å². The maximum Gasteiger partial charge on any atom is 0.225 e. The summed E-state index contributed by atoms with van der Waals surface area (Å²) in [5.41, 5.74) is 1.15. The molecule has 0 saturated heterocycles. The number of anilines is 1. The molecule has 0 aliphatic carbocycles. The fourth-order valence-electron chi connectivity index (χ4n) is 1.93. The Morgan fingerprint density at radius 3 is 2.18 bits per heavy atom. The molecule has 1 aromatic carbocycles. The van der Waals surface area contributed by atoms with Crippen LogP contribution in [0.5, 0.6) is 0 Å². The fraction of sp³-hybridized carbons (Fsp3) is 0.467. The highest BCUT2D eigenvalue weighted by Gasteiger charge is 2.16. The molecular formula is C15H22N2O4S. The first-order chi connectivity index (χ1) is 10.2. The largest absolute Gasteiger partial charge is 0.326 e. The van der Waals surface area contributed by atoms with Gasteiger partial charge in [0.25, 0.3) is 0 Å². The minimum absolute atomic E-state index is 0.0405. The Bertz CT molecular complexity index is 623. The van der Waals surface area contributed by atoms with Crippen LogP contribution in [0.25, 0.3) is 0 Å². The molecule has 0 unspecified atom stereocenters. The Morgan fingerprint density at radius 1 is 1.14 bits per heavy atom. The Balaban J connectivity index is 2.57. The van der Waals surface area contributed by atoms with Gasteiger partial charge in [-0.2, -0.15) is 0 Å². The van der Waals surface area contributed by atoms with E-state index in [4.69, 9.17) is 0 Å². The standard InChI is InChI=1S/C15H22N2O4S/c1-4-10-17(22(3,20)21)11-9-15(19)16-14-7-5-13(6-8-14)12(2)18/h5-8H,4,9-11H2,1-3H3,(H,16,19). The molecular weight excluding hydrogens is 304 g/mol. The monoisotopic (exact) mass is 326 g/mol. The molecule has 6 nitrogen and oxygen atoms in total. The summed E-state index contributed by atoms with van der Waals surface area (Å²) < 4.78 is 24.4. The Morgan fingerprint density at radius 2 is 1.73 bits per heavy atom. The fourth-order valence-corrected chi connectivity index (χ4v) is 2.87. The third-order valence-corrected chi connectivity index (χ3v) is 4.41. The molecule has 0 bridgehead atoms. The molecule has 0 spiro atoms. The van der Waals surface area contributed by atoms with Crippen LogP contribution in [0, 0.1) is 0 Å². The van der Waals surface area contributed by atoms with E-state index in [1.165, 1.54) is 11.2 Å². The SMILES string of the molecule is CCCN(CCC(=O)Nc1ccc(C(C)=O)cc1)S(C)(=O)=O. The minimum atomic E-state index is -3.29. The number of hydrogen-bond acceptors (Lipinski definition) is 4. The molecule has 0 aromatic heterocycles. The van der Waals surface area contributed by atoms with Gasteiger partial charge in [-0.3, -0.25) is 9.59 Å². The zero-order chi connectivity index (χ0) is 16.8. The van der Waals surface area contributed by atoms with E-state index in [0.717, 1.165) is 6.26 Å². The first-order valence-electron chi connectivity index (χ1n) is 7.10. The highest BCUT2D eigenvalue weighted by molar-refractivity contribution is 7.88. The second kappa shape index (κ2) is 8.05. The molecule has 0 heterocycles. The molecule has 0 atom stereocenters. The van der Waals surface area contributed by atoms with Crippen LogP contribution in [0.4, 0.5) is 5.69 Å². The third kappa shape index (κ3) is 5.95. The van der Waals surface area contributed by atoms with E-state index >= 15 is 0 Å². The normalized spacial score (nSPS) is 11.5. The Hall–Kier alpha value is -1.73. The van der Waals surface area contributed by atoms with Gasteiger partial charge in [0.1, 0.15) is 0 Å². The van der Waals surface area contributed by atoms with E-state index in [0.29, 0.717) is 24.2 Å². The lowest BCUT2D eigenvalue weighted by molar-refractivity contribution is -0.116. The summed E-state index contributed by atoms with van der Waals surface area (Å²) in [6.07, 6.45) is 1.92. The van der Waals surface area contributed by atoms with Gasteiger partial charge in [-0.05, 0) is 37.6 Å². The van der Waals surface area contributed by atoms with Gasteiger partial charge in [-0.1, -0.05) is 6.92 Å². The average Bonchev–Trinajstić information content (AvgIpc) is 2.42. The van der Waals surface area contributed by atoms with Gasteiger partial charge >= 0.3 is 0 Å². The lowest BCUT2D eigenvalue weighted by Gasteiger charge is -2.18. The number of hydrogen-bond donors (Lipinski definition) is 1. The van der Waals surface area contributed by atoms with Gasteiger partial charge in [0.05, 0.1) is 6.26 Å². The second-order valence-corrected chi connectivity index (χ2v) is 7.08. The summed E-state index contributed by atoms with van der Waals surface area (Å²) in [6.45, 7) is 3.92. The lowest BCUT2D eigenvalue weighted by atomic mass is 10.1. The number of rotatable bonds is 8. The van der Waals surface area contributed by atoms with Crippen molar-refractivity contribution in [3.05, 3.63) is 29.8 Å². The van der Waals surface area contributed by atoms with Crippen LogP contribution in [-0.4, -0.2) is 43.8 Å². The summed E-state index contributed by atoms with van der Waals surface area (Å²) in [7, 11) is -3.29. The van der Waals surface area contributed by atoms with E-state index < -0.39 is 10.0 Å². The van der Waals surface area contributed by atoms with Crippen molar-refractivity contribution < 1.29 is 18.0 Å². The quantitative estimate of drug-likeness (QED) is 0.739. The Kier molecular flexibility index (Phi) is 6.70. The van der Waals surface area contributed by atoms with Crippen molar-refractivity contribution >= 4 is 27.4 Å². The predicted octanol–water partition coefficient (Wildman–Crippen LogP) is 1.89. The van der Waals surface area contributed by atoms with Gasteiger partial charge in [0, 0.05) is 30.8 Å². The smallest absolute Gasteiger partial charge is 0.225 e. The van der Waals surface area contributed by atoms with E-state index in [2.05, 4.69) is 5.32 Å². The number of sulfonamides is 1. The number of nitrogens with zero attached hydrogens (tertiary/aromatic N) is 1. The van der Waals surface area contributed by atoms with Gasteiger partial charge < -0.3 is 5.32 Å². The molecule has 1 aromatic rings. The summed E-state index contributed by atoms with van der Waals surface area (Å²) in [5.74, 6) is -0.304. The van der Waals surface area contributed by atoms with Crippen LogP contribution < -0.4 is 5.32 Å². The van der Waals surface area contributed by atoms with Crippen molar-refractivity contribution in [1.29, 1.82) is 0 Å². The molecule has 0 aliphatic rings. The van der Waals surface area contributed by atoms with Crippen LogP contribution in [0.2, 0.25) is 0 Å².